The summed E-state index contributed by atoms with van der Waals surface area (Å²) in [4.78, 5) is 17.5. The maximum atomic E-state index is 5.85. The van der Waals surface area contributed by atoms with Gasteiger partial charge in [-0.25, -0.2) is 9.55 Å². The van der Waals surface area contributed by atoms with Crippen LogP contribution in [0.25, 0.3) is 17.0 Å². The summed E-state index contributed by atoms with van der Waals surface area (Å²) in [5, 5.41) is 10.1. The Bertz CT molecular complexity index is 1180. The second kappa shape index (κ2) is 8.29. The number of imidazole rings is 1. The van der Waals surface area contributed by atoms with E-state index >= 15 is 0 Å². The number of para-hydroxylation sites is 2. The number of hydrogen-bond acceptors (Lipinski definition) is 7. The Morgan fingerprint density at radius 1 is 1.00 bits per heavy atom. The van der Waals surface area contributed by atoms with Gasteiger partial charge in [-0.3, -0.25) is 0 Å². The summed E-state index contributed by atoms with van der Waals surface area (Å²) in [6.45, 7) is 4.54. The van der Waals surface area contributed by atoms with Gasteiger partial charge in [0.2, 0.25) is 17.8 Å². The number of nitrogen functional groups attached to an aromatic ring is 1. The number of rotatable bonds is 5. The normalized spacial score (nSPS) is 10.7. The van der Waals surface area contributed by atoms with Crippen molar-refractivity contribution >= 4 is 51.6 Å². The standard InChI is InChI=1S/C20H21N9S/c1-3-22-20(30)26-14-10-8-13(9-11-14)25-19-27-15-6-4-5-7-16(15)29(19)18-24-12(2)23-17(21)28-18/h4-11H,3H2,1-2H3,(H,25,27)(H2,22,26,30)(H2,21,23,24,28). The molecule has 4 rings (SSSR count). The minimum atomic E-state index is 0.160. The molecule has 10 heteroatoms. The lowest BCUT2D eigenvalue weighted by Crippen LogP contribution is -2.27. The monoisotopic (exact) mass is 419 g/mol. The third-order valence-corrected chi connectivity index (χ3v) is 4.50. The Balaban J connectivity index is 1.68. The molecule has 0 unspecified atom stereocenters. The van der Waals surface area contributed by atoms with E-state index in [-0.39, 0.29) is 5.95 Å². The summed E-state index contributed by atoms with van der Waals surface area (Å²) < 4.78 is 1.83. The number of anilines is 4. The van der Waals surface area contributed by atoms with Gasteiger partial charge in [-0.15, -0.1) is 0 Å². The van der Waals surface area contributed by atoms with Crippen molar-refractivity contribution in [2.75, 3.05) is 22.9 Å². The van der Waals surface area contributed by atoms with Crippen LogP contribution in [0.2, 0.25) is 0 Å². The predicted molar refractivity (Wildman–Crippen MR) is 123 cm³/mol. The van der Waals surface area contributed by atoms with Crippen LogP contribution in [0.5, 0.6) is 0 Å². The molecule has 2 aromatic heterocycles. The van der Waals surface area contributed by atoms with Crippen LogP contribution in [0.3, 0.4) is 0 Å². The summed E-state index contributed by atoms with van der Waals surface area (Å²) in [6.07, 6.45) is 0. The van der Waals surface area contributed by atoms with E-state index in [9.17, 15) is 0 Å². The van der Waals surface area contributed by atoms with E-state index in [4.69, 9.17) is 22.9 Å². The zero-order valence-corrected chi connectivity index (χ0v) is 17.4. The molecule has 0 amide bonds. The van der Waals surface area contributed by atoms with Crippen LogP contribution >= 0.6 is 12.2 Å². The predicted octanol–water partition coefficient (Wildman–Crippen LogP) is 3.15. The van der Waals surface area contributed by atoms with Gasteiger partial charge in [-0.1, -0.05) is 12.1 Å². The van der Waals surface area contributed by atoms with E-state index in [2.05, 4.69) is 30.9 Å². The molecule has 0 fully saturated rings. The van der Waals surface area contributed by atoms with Gasteiger partial charge in [-0.05, 0) is 62.5 Å². The van der Waals surface area contributed by atoms with Gasteiger partial charge in [0.05, 0.1) is 11.0 Å². The van der Waals surface area contributed by atoms with Crippen molar-refractivity contribution in [1.82, 2.24) is 29.8 Å². The van der Waals surface area contributed by atoms with E-state index in [0.29, 0.717) is 22.8 Å². The minimum Gasteiger partial charge on any atom is -0.368 e. The summed E-state index contributed by atoms with van der Waals surface area (Å²) in [5.74, 6) is 1.68. The quantitative estimate of drug-likeness (QED) is 0.362. The maximum absolute atomic E-state index is 5.85. The summed E-state index contributed by atoms with van der Waals surface area (Å²) >= 11 is 5.22. The molecule has 0 atom stereocenters. The first kappa shape index (κ1) is 19.5. The summed E-state index contributed by atoms with van der Waals surface area (Å²) in [7, 11) is 0. The van der Waals surface area contributed by atoms with Crippen molar-refractivity contribution in [2.24, 2.45) is 0 Å². The molecule has 0 aliphatic rings. The SMILES string of the molecule is CCNC(=S)Nc1ccc(Nc2nc3ccccc3n2-c2nc(C)nc(N)n2)cc1. The number of aryl methyl sites for hydroxylation is 1. The smallest absolute Gasteiger partial charge is 0.242 e. The van der Waals surface area contributed by atoms with Crippen molar-refractivity contribution in [3.8, 4) is 5.95 Å². The highest BCUT2D eigenvalue weighted by Crippen LogP contribution is 2.26. The van der Waals surface area contributed by atoms with Crippen molar-refractivity contribution in [3.63, 3.8) is 0 Å². The largest absolute Gasteiger partial charge is 0.368 e. The Kier molecular flexibility index (Phi) is 5.40. The number of fused-ring (bicyclic) bond motifs is 1. The molecule has 0 spiro atoms. The lowest BCUT2D eigenvalue weighted by molar-refractivity contribution is 0.894. The van der Waals surface area contributed by atoms with Crippen molar-refractivity contribution in [3.05, 3.63) is 54.4 Å². The molecule has 2 aromatic carbocycles. The fraction of sp³-hybridized carbons (Fsp3) is 0.150. The van der Waals surface area contributed by atoms with Gasteiger partial charge in [0.15, 0.2) is 5.11 Å². The molecular formula is C20H21N9S. The number of nitrogens with one attached hydrogen (secondary N) is 3. The first-order valence-corrected chi connectivity index (χ1v) is 9.82. The van der Waals surface area contributed by atoms with Crippen LogP contribution in [0.15, 0.2) is 48.5 Å². The molecule has 0 aliphatic carbocycles. The number of aromatic nitrogens is 5. The highest BCUT2D eigenvalue weighted by molar-refractivity contribution is 7.80. The molecule has 152 valence electrons. The second-order valence-electron chi connectivity index (χ2n) is 6.49. The van der Waals surface area contributed by atoms with Crippen LogP contribution < -0.4 is 21.7 Å². The zero-order valence-electron chi connectivity index (χ0n) is 16.5. The highest BCUT2D eigenvalue weighted by Gasteiger charge is 2.16. The average molecular weight is 420 g/mol. The minimum absolute atomic E-state index is 0.160. The third kappa shape index (κ3) is 4.13. The Hall–Kier alpha value is -3.79. The molecule has 0 saturated heterocycles. The molecular weight excluding hydrogens is 398 g/mol. The number of nitrogens with two attached hydrogens (primary N) is 1. The highest BCUT2D eigenvalue weighted by atomic mass is 32.1. The van der Waals surface area contributed by atoms with E-state index in [1.54, 1.807) is 6.92 Å². The van der Waals surface area contributed by atoms with E-state index in [1.807, 2.05) is 60.0 Å². The fourth-order valence-electron chi connectivity index (χ4n) is 3.00. The molecule has 4 aromatic rings. The number of thiocarbonyl (C=S) groups is 1. The third-order valence-electron chi connectivity index (χ3n) is 4.25. The molecule has 0 radical (unpaired) electrons. The van der Waals surface area contributed by atoms with Crippen LogP contribution in [-0.2, 0) is 0 Å². The Labute approximate surface area is 178 Å². The lowest BCUT2D eigenvalue weighted by Gasteiger charge is -2.12. The molecule has 2 heterocycles. The van der Waals surface area contributed by atoms with Gasteiger partial charge >= 0.3 is 0 Å². The second-order valence-corrected chi connectivity index (χ2v) is 6.90. The fourth-order valence-corrected chi connectivity index (χ4v) is 3.26. The maximum Gasteiger partial charge on any atom is 0.242 e. The van der Waals surface area contributed by atoms with Crippen LogP contribution in [0.1, 0.15) is 12.7 Å². The van der Waals surface area contributed by atoms with E-state index < -0.39 is 0 Å². The van der Waals surface area contributed by atoms with Crippen molar-refractivity contribution < 1.29 is 0 Å². The van der Waals surface area contributed by atoms with Gasteiger partial charge in [-0.2, -0.15) is 15.0 Å². The topological polar surface area (TPSA) is 119 Å². The summed E-state index contributed by atoms with van der Waals surface area (Å²) in [5.41, 5.74) is 9.26. The molecule has 0 saturated carbocycles. The molecule has 9 nitrogen and oxygen atoms in total. The van der Waals surface area contributed by atoms with Gasteiger partial charge in [0.25, 0.3) is 0 Å². The first-order valence-electron chi connectivity index (χ1n) is 9.41. The van der Waals surface area contributed by atoms with Crippen LogP contribution in [-0.4, -0.2) is 36.2 Å². The first-order chi connectivity index (χ1) is 14.5. The van der Waals surface area contributed by atoms with Crippen molar-refractivity contribution in [2.45, 2.75) is 13.8 Å². The van der Waals surface area contributed by atoms with Gasteiger partial charge in [0.1, 0.15) is 5.82 Å². The molecule has 0 bridgehead atoms. The van der Waals surface area contributed by atoms with E-state index in [1.165, 1.54) is 0 Å². The molecule has 0 aliphatic heterocycles. The zero-order chi connectivity index (χ0) is 21.1. The Morgan fingerprint density at radius 3 is 2.47 bits per heavy atom. The summed E-state index contributed by atoms with van der Waals surface area (Å²) in [6, 6.07) is 15.5. The number of nitrogens with zero attached hydrogens (tertiary/aromatic N) is 5. The lowest BCUT2D eigenvalue weighted by atomic mass is 10.3. The molecule has 5 N–H and O–H groups in total. The number of hydrogen-bond donors (Lipinski definition) is 4. The average Bonchev–Trinajstić information content (AvgIpc) is 3.06. The Morgan fingerprint density at radius 2 is 1.73 bits per heavy atom. The van der Waals surface area contributed by atoms with Crippen LogP contribution in [0, 0.1) is 6.92 Å². The number of benzene rings is 2. The van der Waals surface area contributed by atoms with Gasteiger partial charge in [0, 0.05) is 17.9 Å². The molecule has 30 heavy (non-hydrogen) atoms. The van der Waals surface area contributed by atoms with Crippen LogP contribution in [0.4, 0.5) is 23.3 Å². The van der Waals surface area contributed by atoms with E-state index in [0.717, 1.165) is 29.0 Å². The van der Waals surface area contributed by atoms with Crippen molar-refractivity contribution in [1.29, 1.82) is 0 Å². The van der Waals surface area contributed by atoms with Gasteiger partial charge < -0.3 is 21.7 Å².